The molecular formula is C14H12Cl2N2O. The van der Waals surface area contributed by atoms with E-state index in [1.165, 1.54) is 0 Å². The molecule has 0 aliphatic carbocycles. The zero-order chi connectivity index (χ0) is 13.7. The molecule has 2 aromatic carbocycles. The molecule has 0 unspecified atom stereocenters. The first kappa shape index (κ1) is 13.7. The summed E-state index contributed by atoms with van der Waals surface area (Å²) in [6.07, 6.45) is 1.70. The van der Waals surface area contributed by atoms with Crippen LogP contribution in [-0.2, 0) is 0 Å². The van der Waals surface area contributed by atoms with Gasteiger partial charge in [0, 0.05) is 5.02 Å². The van der Waals surface area contributed by atoms with Crippen LogP contribution in [0.2, 0.25) is 10.0 Å². The Morgan fingerprint density at radius 3 is 2.47 bits per heavy atom. The summed E-state index contributed by atoms with van der Waals surface area (Å²) in [4.78, 5) is 0. The summed E-state index contributed by atoms with van der Waals surface area (Å²) in [5, 5.41) is 5.36. The van der Waals surface area contributed by atoms with Gasteiger partial charge in [0.1, 0.15) is 5.75 Å². The highest BCUT2D eigenvalue weighted by Gasteiger charge is 2.00. The molecule has 0 heterocycles. The molecule has 0 spiro atoms. The van der Waals surface area contributed by atoms with Crippen LogP contribution >= 0.6 is 23.2 Å². The van der Waals surface area contributed by atoms with E-state index in [2.05, 4.69) is 10.5 Å². The largest absolute Gasteiger partial charge is 0.495 e. The standard InChI is InChI=1S/C14H12Cl2N2O/c1-19-14-7-6-12(8-13(14)16)18-17-9-10-2-4-11(15)5-3-10/h2-9,18H,1H3/b17-9+. The third-order valence-corrected chi connectivity index (χ3v) is 2.98. The van der Waals surface area contributed by atoms with Gasteiger partial charge in [-0.05, 0) is 35.9 Å². The Balaban J connectivity index is 2.02. The molecule has 3 nitrogen and oxygen atoms in total. The molecule has 0 saturated carbocycles. The Labute approximate surface area is 121 Å². The molecule has 0 amide bonds. The van der Waals surface area contributed by atoms with E-state index in [1.807, 2.05) is 30.3 Å². The van der Waals surface area contributed by atoms with Crippen LogP contribution in [0.5, 0.6) is 5.75 Å². The number of halogens is 2. The van der Waals surface area contributed by atoms with E-state index in [4.69, 9.17) is 27.9 Å². The molecule has 2 rings (SSSR count). The number of methoxy groups -OCH3 is 1. The molecule has 0 fully saturated rings. The highest BCUT2D eigenvalue weighted by atomic mass is 35.5. The summed E-state index contributed by atoms with van der Waals surface area (Å²) in [7, 11) is 1.58. The van der Waals surface area contributed by atoms with Gasteiger partial charge in [-0.3, -0.25) is 5.43 Å². The number of benzene rings is 2. The zero-order valence-corrected chi connectivity index (χ0v) is 11.7. The van der Waals surface area contributed by atoms with E-state index in [0.717, 1.165) is 11.3 Å². The van der Waals surface area contributed by atoms with Crippen LogP contribution in [0.3, 0.4) is 0 Å². The molecule has 19 heavy (non-hydrogen) atoms. The molecule has 0 saturated heterocycles. The third kappa shape index (κ3) is 3.88. The molecule has 0 radical (unpaired) electrons. The van der Waals surface area contributed by atoms with E-state index in [-0.39, 0.29) is 0 Å². The molecule has 0 aliphatic heterocycles. The molecular weight excluding hydrogens is 283 g/mol. The normalized spacial score (nSPS) is 10.7. The van der Waals surface area contributed by atoms with Gasteiger partial charge in [-0.15, -0.1) is 0 Å². The highest BCUT2D eigenvalue weighted by molar-refractivity contribution is 6.32. The van der Waals surface area contributed by atoms with Gasteiger partial charge in [-0.1, -0.05) is 35.3 Å². The first-order valence-corrected chi connectivity index (χ1v) is 6.33. The number of hydrazone groups is 1. The molecule has 2 aromatic rings. The maximum atomic E-state index is 6.01. The van der Waals surface area contributed by atoms with Gasteiger partial charge in [-0.25, -0.2) is 0 Å². The number of hydrogen-bond donors (Lipinski definition) is 1. The van der Waals surface area contributed by atoms with Crippen molar-refractivity contribution < 1.29 is 4.74 Å². The van der Waals surface area contributed by atoms with Crippen LogP contribution < -0.4 is 10.2 Å². The Morgan fingerprint density at radius 2 is 1.84 bits per heavy atom. The van der Waals surface area contributed by atoms with Gasteiger partial charge < -0.3 is 4.74 Å². The number of anilines is 1. The molecule has 0 atom stereocenters. The van der Waals surface area contributed by atoms with Crippen LogP contribution in [0.25, 0.3) is 0 Å². The highest BCUT2D eigenvalue weighted by Crippen LogP contribution is 2.27. The Morgan fingerprint density at radius 1 is 1.11 bits per heavy atom. The number of nitrogens with zero attached hydrogens (tertiary/aromatic N) is 1. The van der Waals surface area contributed by atoms with Gasteiger partial charge >= 0.3 is 0 Å². The SMILES string of the molecule is COc1ccc(N/N=C/c2ccc(Cl)cc2)cc1Cl. The predicted octanol–water partition coefficient (Wildman–Crippen LogP) is 4.45. The quantitative estimate of drug-likeness (QED) is 0.668. The van der Waals surface area contributed by atoms with Gasteiger partial charge in [0.2, 0.25) is 0 Å². The lowest BCUT2D eigenvalue weighted by Crippen LogP contribution is -1.91. The van der Waals surface area contributed by atoms with Crippen molar-refractivity contribution >= 4 is 35.1 Å². The minimum atomic E-state index is 0.536. The van der Waals surface area contributed by atoms with E-state index in [1.54, 1.807) is 25.5 Å². The van der Waals surface area contributed by atoms with Gasteiger partial charge in [-0.2, -0.15) is 5.10 Å². The van der Waals surface area contributed by atoms with Gasteiger partial charge in [0.25, 0.3) is 0 Å². The van der Waals surface area contributed by atoms with Crippen molar-refractivity contribution in [2.24, 2.45) is 5.10 Å². The maximum Gasteiger partial charge on any atom is 0.137 e. The minimum absolute atomic E-state index is 0.536. The van der Waals surface area contributed by atoms with Crippen LogP contribution in [0, 0.1) is 0 Å². The number of rotatable bonds is 4. The van der Waals surface area contributed by atoms with Crippen molar-refractivity contribution in [2.75, 3.05) is 12.5 Å². The summed E-state index contributed by atoms with van der Waals surface area (Å²) in [6, 6.07) is 12.8. The monoisotopic (exact) mass is 294 g/mol. The van der Waals surface area contributed by atoms with Crippen LogP contribution in [0.1, 0.15) is 5.56 Å². The Bertz CT molecular complexity index is 582. The fraction of sp³-hybridized carbons (Fsp3) is 0.0714. The number of hydrogen-bond acceptors (Lipinski definition) is 3. The second-order valence-corrected chi connectivity index (χ2v) is 4.61. The second kappa shape index (κ2) is 6.45. The topological polar surface area (TPSA) is 33.6 Å². The first-order chi connectivity index (χ1) is 9.19. The molecule has 0 bridgehead atoms. The summed E-state index contributed by atoms with van der Waals surface area (Å²) in [5.41, 5.74) is 4.64. The maximum absolute atomic E-state index is 6.01. The lowest BCUT2D eigenvalue weighted by atomic mass is 10.2. The van der Waals surface area contributed by atoms with Gasteiger partial charge in [0.05, 0.1) is 24.0 Å². The van der Waals surface area contributed by atoms with E-state index < -0.39 is 0 Å². The lowest BCUT2D eigenvalue weighted by molar-refractivity contribution is 0.415. The van der Waals surface area contributed by atoms with Crippen LogP contribution in [-0.4, -0.2) is 13.3 Å². The lowest BCUT2D eigenvalue weighted by Gasteiger charge is -2.05. The zero-order valence-electron chi connectivity index (χ0n) is 10.2. The summed E-state index contributed by atoms with van der Waals surface area (Å²) >= 11 is 11.8. The molecule has 5 heteroatoms. The smallest absolute Gasteiger partial charge is 0.137 e. The van der Waals surface area contributed by atoms with Gasteiger partial charge in [0.15, 0.2) is 0 Å². The van der Waals surface area contributed by atoms with Crippen molar-refractivity contribution in [3.63, 3.8) is 0 Å². The Hall–Kier alpha value is -1.71. The number of ether oxygens (including phenoxy) is 1. The molecule has 98 valence electrons. The fourth-order valence-corrected chi connectivity index (χ4v) is 1.85. The molecule has 1 N–H and O–H groups in total. The van der Waals surface area contributed by atoms with Crippen molar-refractivity contribution in [3.8, 4) is 5.75 Å². The van der Waals surface area contributed by atoms with Crippen molar-refractivity contribution in [1.29, 1.82) is 0 Å². The average Bonchev–Trinajstić information content (AvgIpc) is 2.41. The predicted molar refractivity (Wildman–Crippen MR) is 80.7 cm³/mol. The average molecular weight is 295 g/mol. The van der Waals surface area contributed by atoms with Crippen molar-refractivity contribution in [2.45, 2.75) is 0 Å². The summed E-state index contributed by atoms with van der Waals surface area (Å²) < 4.78 is 5.07. The Kier molecular flexibility index (Phi) is 4.66. The third-order valence-electron chi connectivity index (χ3n) is 2.43. The fourth-order valence-electron chi connectivity index (χ4n) is 1.47. The molecule has 0 aromatic heterocycles. The van der Waals surface area contributed by atoms with Crippen molar-refractivity contribution in [3.05, 3.63) is 58.1 Å². The summed E-state index contributed by atoms with van der Waals surface area (Å²) in [6.45, 7) is 0. The van der Waals surface area contributed by atoms with E-state index >= 15 is 0 Å². The minimum Gasteiger partial charge on any atom is -0.495 e. The van der Waals surface area contributed by atoms with Crippen LogP contribution in [0.4, 0.5) is 5.69 Å². The van der Waals surface area contributed by atoms with E-state index in [0.29, 0.717) is 15.8 Å². The van der Waals surface area contributed by atoms with Crippen molar-refractivity contribution in [1.82, 2.24) is 0 Å². The second-order valence-electron chi connectivity index (χ2n) is 3.77. The summed E-state index contributed by atoms with van der Waals surface area (Å²) in [5.74, 6) is 0.633. The first-order valence-electron chi connectivity index (χ1n) is 5.57. The van der Waals surface area contributed by atoms with Crippen LogP contribution in [0.15, 0.2) is 47.6 Å². The molecule has 0 aliphatic rings. The number of nitrogens with one attached hydrogen (secondary N) is 1. The van der Waals surface area contributed by atoms with E-state index in [9.17, 15) is 0 Å².